The number of carboxylic acid groups (broad SMARTS) is 1. The van der Waals surface area contributed by atoms with Crippen LogP contribution >= 0.6 is 0 Å². The van der Waals surface area contributed by atoms with E-state index in [1.54, 1.807) is 26.0 Å². The summed E-state index contributed by atoms with van der Waals surface area (Å²) < 4.78 is 5.32. The highest BCUT2D eigenvalue weighted by atomic mass is 16.5. The van der Waals surface area contributed by atoms with E-state index in [9.17, 15) is 9.90 Å². The number of allylic oxidation sites excluding steroid dienone is 2. The van der Waals surface area contributed by atoms with E-state index in [4.69, 9.17) is 9.84 Å². The van der Waals surface area contributed by atoms with Crippen molar-refractivity contribution >= 4 is 5.97 Å². The van der Waals surface area contributed by atoms with E-state index in [1.165, 1.54) is 6.08 Å². The molecule has 78 valence electrons. The number of aliphatic hydroxyl groups is 1. The van der Waals surface area contributed by atoms with Crippen LogP contribution in [0.25, 0.3) is 0 Å². The molecule has 4 nitrogen and oxygen atoms in total. The van der Waals surface area contributed by atoms with Crippen molar-refractivity contribution in [3.8, 4) is 0 Å². The van der Waals surface area contributed by atoms with Crippen LogP contribution in [0, 0.1) is 0 Å². The lowest BCUT2D eigenvalue weighted by Gasteiger charge is -2.33. The number of hydrogen-bond donors (Lipinski definition) is 2. The van der Waals surface area contributed by atoms with Gasteiger partial charge in [-0.3, -0.25) is 0 Å². The predicted octanol–water partition coefficient (Wildman–Crippen LogP) is 0.723. The fourth-order valence-electron chi connectivity index (χ4n) is 1.46. The van der Waals surface area contributed by atoms with Gasteiger partial charge >= 0.3 is 5.97 Å². The first-order valence-electron chi connectivity index (χ1n) is 4.46. The van der Waals surface area contributed by atoms with Gasteiger partial charge in [0.15, 0.2) is 0 Å². The molecule has 0 bridgehead atoms. The second-order valence-corrected chi connectivity index (χ2v) is 3.31. The highest BCUT2D eigenvalue weighted by molar-refractivity contribution is 5.89. The highest BCUT2D eigenvalue weighted by Crippen LogP contribution is 2.27. The summed E-state index contributed by atoms with van der Waals surface area (Å²) >= 11 is 0. The fraction of sp³-hybridized carbons (Fsp3) is 0.500. The lowest BCUT2D eigenvalue weighted by atomic mass is 9.88. The van der Waals surface area contributed by atoms with Gasteiger partial charge in [-0.1, -0.05) is 12.2 Å². The van der Waals surface area contributed by atoms with Crippen LogP contribution in [0.4, 0.5) is 0 Å². The molecule has 1 rings (SSSR count). The molecule has 1 aliphatic carbocycles. The Hall–Kier alpha value is -1.13. The van der Waals surface area contributed by atoms with Crippen LogP contribution in [0.2, 0.25) is 0 Å². The summed E-state index contributed by atoms with van der Waals surface area (Å²) in [4.78, 5) is 10.7. The lowest BCUT2D eigenvalue weighted by molar-refractivity contribution is -0.136. The molecule has 2 unspecified atom stereocenters. The Kier molecular flexibility index (Phi) is 3.08. The van der Waals surface area contributed by atoms with Crippen molar-refractivity contribution in [2.75, 3.05) is 6.61 Å². The molecule has 0 amide bonds. The van der Waals surface area contributed by atoms with Crippen LogP contribution in [0.1, 0.15) is 13.8 Å². The van der Waals surface area contributed by atoms with Gasteiger partial charge < -0.3 is 14.9 Å². The van der Waals surface area contributed by atoms with Crippen molar-refractivity contribution in [2.45, 2.75) is 25.6 Å². The van der Waals surface area contributed by atoms with Gasteiger partial charge in [0.1, 0.15) is 11.7 Å². The SMILES string of the molecule is CCOC1(C)C=CC=C(C(=O)O)C1O. The van der Waals surface area contributed by atoms with Crippen molar-refractivity contribution in [2.24, 2.45) is 0 Å². The number of carbonyl (C=O) groups is 1. The number of rotatable bonds is 3. The molecule has 0 radical (unpaired) electrons. The van der Waals surface area contributed by atoms with Crippen LogP contribution in [-0.2, 0) is 9.53 Å². The maximum Gasteiger partial charge on any atom is 0.334 e. The molecule has 0 aliphatic heterocycles. The first kappa shape index (κ1) is 10.9. The average molecular weight is 198 g/mol. The topological polar surface area (TPSA) is 66.8 Å². The Morgan fingerprint density at radius 3 is 2.86 bits per heavy atom. The zero-order valence-electron chi connectivity index (χ0n) is 8.23. The number of carboxylic acids is 1. The lowest BCUT2D eigenvalue weighted by Crippen LogP contribution is -2.44. The Morgan fingerprint density at radius 1 is 1.71 bits per heavy atom. The van der Waals surface area contributed by atoms with Gasteiger partial charge in [0.25, 0.3) is 0 Å². The number of aliphatic carboxylic acids is 1. The number of aliphatic hydroxyl groups excluding tert-OH is 1. The van der Waals surface area contributed by atoms with E-state index in [2.05, 4.69) is 0 Å². The van der Waals surface area contributed by atoms with Crippen LogP contribution < -0.4 is 0 Å². The second-order valence-electron chi connectivity index (χ2n) is 3.31. The molecule has 0 aromatic rings. The molecule has 0 aromatic carbocycles. The first-order chi connectivity index (χ1) is 6.51. The summed E-state index contributed by atoms with van der Waals surface area (Å²) in [6.07, 6.45) is 3.51. The van der Waals surface area contributed by atoms with Gasteiger partial charge in [-0.05, 0) is 19.9 Å². The summed E-state index contributed by atoms with van der Waals surface area (Å²) in [5, 5.41) is 18.6. The summed E-state index contributed by atoms with van der Waals surface area (Å²) in [5.41, 5.74) is -0.972. The highest BCUT2D eigenvalue weighted by Gasteiger charge is 2.37. The molecule has 0 spiro atoms. The molecular formula is C10H14O4. The van der Waals surface area contributed by atoms with Gasteiger partial charge in [0.2, 0.25) is 0 Å². The van der Waals surface area contributed by atoms with E-state index in [0.717, 1.165) is 0 Å². The molecule has 0 saturated heterocycles. The van der Waals surface area contributed by atoms with Crippen LogP contribution in [0.15, 0.2) is 23.8 Å². The molecule has 1 aliphatic rings. The smallest absolute Gasteiger partial charge is 0.334 e. The van der Waals surface area contributed by atoms with Crippen molar-refractivity contribution in [3.05, 3.63) is 23.8 Å². The fourth-order valence-corrected chi connectivity index (χ4v) is 1.46. The van der Waals surface area contributed by atoms with Crippen LogP contribution in [0.5, 0.6) is 0 Å². The predicted molar refractivity (Wildman–Crippen MR) is 50.9 cm³/mol. The van der Waals surface area contributed by atoms with Crippen molar-refractivity contribution in [1.82, 2.24) is 0 Å². The molecule has 2 N–H and O–H groups in total. The van der Waals surface area contributed by atoms with Crippen molar-refractivity contribution < 1.29 is 19.7 Å². The van der Waals surface area contributed by atoms with E-state index >= 15 is 0 Å². The van der Waals surface area contributed by atoms with E-state index < -0.39 is 17.7 Å². The van der Waals surface area contributed by atoms with Crippen molar-refractivity contribution in [1.29, 1.82) is 0 Å². The summed E-state index contributed by atoms with van der Waals surface area (Å²) in [7, 11) is 0. The number of hydrogen-bond acceptors (Lipinski definition) is 3. The molecule has 4 heteroatoms. The average Bonchev–Trinajstić information content (AvgIpc) is 2.10. The summed E-state index contributed by atoms with van der Waals surface area (Å²) in [5.74, 6) is -1.12. The zero-order chi connectivity index (χ0) is 10.8. The quantitative estimate of drug-likeness (QED) is 0.701. The molecule has 14 heavy (non-hydrogen) atoms. The van der Waals surface area contributed by atoms with E-state index in [0.29, 0.717) is 6.61 Å². The van der Waals surface area contributed by atoms with Crippen LogP contribution in [-0.4, -0.2) is 34.5 Å². The minimum absolute atomic E-state index is 0.0385. The number of ether oxygens (including phenoxy) is 1. The molecule has 0 saturated carbocycles. The summed E-state index contributed by atoms with van der Waals surface area (Å²) in [6.45, 7) is 3.88. The van der Waals surface area contributed by atoms with Crippen molar-refractivity contribution in [3.63, 3.8) is 0 Å². The molecule has 0 fully saturated rings. The Bertz CT molecular complexity index is 292. The van der Waals surface area contributed by atoms with Gasteiger partial charge in [0, 0.05) is 6.61 Å². The standard InChI is InChI=1S/C10H14O4/c1-3-14-10(2)6-4-5-7(8(10)11)9(12)13/h4-6,8,11H,3H2,1-2H3,(H,12,13). The monoisotopic (exact) mass is 198 g/mol. The third-order valence-corrected chi connectivity index (χ3v) is 2.24. The van der Waals surface area contributed by atoms with Gasteiger partial charge in [-0.25, -0.2) is 4.79 Å². The zero-order valence-corrected chi connectivity index (χ0v) is 8.23. The van der Waals surface area contributed by atoms with Gasteiger partial charge in [-0.15, -0.1) is 0 Å². The first-order valence-corrected chi connectivity index (χ1v) is 4.46. The Balaban J connectivity index is 2.93. The van der Waals surface area contributed by atoms with Gasteiger partial charge in [-0.2, -0.15) is 0 Å². The third-order valence-electron chi connectivity index (χ3n) is 2.24. The van der Waals surface area contributed by atoms with Gasteiger partial charge in [0.05, 0.1) is 5.57 Å². The second kappa shape index (κ2) is 3.94. The largest absolute Gasteiger partial charge is 0.478 e. The molecule has 2 atom stereocenters. The maximum atomic E-state index is 10.7. The Labute approximate surface area is 82.5 Å². The normalized spacial score (nSPS) is 31.4. The maximum absolute atomic E-state index is 10.7. The molecule has 0 heterocycles. The minimum atomic E-state index is -1.12. The minimum Gasteiger partial charge on any atom is -0.478 e. The summed E-state index contributed by atoms with van der Waals surface area (Å²) in [6, 6.07) is 0. The Morgan fingerprint density at radius 2 is 2.36 bits per heavy atom. The third kappa shape index (κ3) is 1.86. The molecule has 0 aromatic heterocycles. The van der Waals surface area contributed by atoms with E-state index in [1.807, 2.05) is 0 Å². The molecular weight excluding hydrogens is 184 g/mol. The van der Waals surface area contributed by atoms with E-state index in [-0.39, 0.29) is 5.57 Å². The van der Waals surface area contributed by atoms with Crippen LogP contribution in [0.3, 0.4) is 0 Å².